The maximum absolute atomic E-state index is 5.78. The van der Waals surface area contributed by atoms with Crippen LogP contribution >= 0.6 is 0 Å². The number of piperidine rings is 1. The molecule has 1 heterocycles. The molecular formula is C14H21NO2. The van der Waals surface area contributed by atoms with Gasteiger partial charge in [0, 0.05) is 13.0 Å². The van der Waals surface area contributed by atoms with Gasteiger partial charge in [-0.2, -0.15) is 0 Å². The van der Waals surface area contributed by atoms with E-state index in [1.54, 1.807) is 0 Å². The molecule has 1 aliphatic rings. The minimum atomic E-state index is 0.403. The van der Waals surface area contributed by atoms with Crippen molar-refractivity contribution in [3.8, 4) is 5.75 Å². The lowest BCUT2D eigenvalue weighted by molar-refractivity contribution is 0.0308. The molecule has 1 aliphatic heterocycles. The predicted molar refractivity (Wildman–Crippen MR) is 68.4 cm³/mol. The Morgan fingerprint density at radius 1 is 1.18 bits per heavy atom. The highest BCUT2D eigenvalue weighted by Crippen LogP contribution is 2.09. The second-order valence-corrected chi connectivity index (χ2v) is 4.35. The van der Waals surface area contributed by atoms with Crippen LogP contribution in [0.1, 0.15) is 19.3 Å². The van der Waals surface area contributed by atoms with Gasteiger partial charge < -0.3 is 14.8 Å². The molecule has 1 fully saturated rings. The molecule has 2 rings (SSSR count). The van der Waals surface area contributed by atoms with Crippen LogP contribution < -0.4 is 10.1 Å². The Bertz CT molecular complexity index is 296. The minimum absolute atomic E-state index is 0.403. The quantitative estimate of drug-likeness (QED) is 0.767. The van der Waals surface area contributed by atoms with Gasteiger partial charge in [-0.25, -0.2) is 0 Å². The van der Waals surface area contributed by atoms with Gasteiger partial charge in [0.2, 0.25) is 0 Å². The Morgan fingerprint density at radius 2 is 2.06 bits per heavy atom. The average molecular weight is 235 g/mol. The van der Waals surface area contributed by atoms with Gasteiger partial charge >= 0.3 is 0 Å². The highest BCUT2D eigenvalue weighted by atomic mass is 16.5. The van der Waals surface area contributed by atoms with Crippen molar-refractivity contribution >= 4 is 0 Å². The topological polar surface area (TPSA) is 30.5 Å². The maximum Gasteiger partial charge on any atom is 0.119 e. The van der Waals surface area contributed by atoms with Crippen LogP contribution in [0.25, 0.3) is 0 Å². The van der Waals surface area contributed by atoms with Crippen molar-refractivity contribution in [1.82, 2.24) is 5.32 Å². The van der Waals surface area contributed by atoms with E-state index in [1.165, 1.54) is 12.8 Å². The first-order valence-corrected chi connectivity index (χ1v) is 6.45. The summed E-state index contributed by atoms with van der Waals surface area (Å²) in [6, 6.07) is 9.92. The summed E-state index contributed by atoms with van der Waals surface area (Å²) in [4.78, 5) is 0. The van der Waals surface area contributed by atoms with Crippen LogP contribution in [0.4, 0.5) is 0 Å². The number of para-hydroxylation sites is 1. The van der Waals surface area contributed by atoms with Crippen LogP contribution in [0.15, 0.2) is 30.3 Å². The van der Waals surface area contributed by atoms with E-state index in [1.807, 2.05) is 30.3 Å². The predicted octanol–water partition coefficient (Wildman–Crippen LogP) is 2.22. The number of hydrogen-bond donors (Lipinski definition) is 1. The summed E-state index contributed by atoms with van der Waals surface area (Å²) in [6.45, 7) is 3.65. The molecule has 0 bridgehead atoms. The van der Waals surface area contributed by atoms with Gasteiger partial charge in [-0.1, -0.05) is 18.2 Å². The summed E-state index contributed by atoms with van der Waals surface area (Å²) in [7, 11) is 0. The summed E-state index contributed by atoms with van der Waals surface area (Å²) >= 11 is 0. The second kappa shape index (κ2) is 7.30. The second-order valence-electron chi connectivity index (χ2n) is 4.35. The Hall–Kier alpha value is -1.06. The fourth-order valence-corrected chi connectivity index (χ4v) is 1.98. The van der Waals surface area contributed by atoms with Crippen LogP contribution in [0.3, 0.4) is 0 Å². The summed E-state index contributed by atoms with van der Waals surface area (Å²) in [5, 5.41) is 3.35. The summed E-state index contributed by atoms with van der Waals surface area (Å²) in [5.41, 5.74) is 0. The molecule has 0 radical (unpaired) electrons. The molecule has 1 atom stereocenters. The lowest BCUT2D eigenvalue weighted by Gasteiger charge is -2.23. The van der Waals surface area contributed by atoms with Crippen molar-refractivity contribution < 1.29 is 9.47 Å². The van der Waals surface area contributed by atoms with E-state index in [0.29, 0.717) is 6.10 Å². The van der Waals surface area contributed by atoms with Crippen molar-refractivity contribution in [2.75, 3.05) is 26.3 Å². The SMILES string of the molecule is c1ccc(OCCCO[C@H]2CCCNC2)cc1. The van der Waals surface area contributed by atoms with Gasteiger partial charge in [-0.05, 0) is 31.5 Å². The zero-order valence-electron chi connectivity index (χ0n) is 10.2. The van der Waals surface area contributed by atoms with Crippen LogP contribution in [0.5, 0.6) is 5.75 Å². The fourth-order valence-electron chi connectivity index (χ4n) is 1.98. The molecule has 1 aromatic carbocycles. The van der Waals surface area contributed by atoms with Gasteiger partial charge in [0.1, 0.15) is 5.75 Å². The number of nitrogens with one attached hydrogen (secondary N) is 1. The molecule has 17 heavy (non-hydrogen) atoms. The lowest BCUT2D eigenvalue weighted by atomic mass is 10.1. The summed E-state index contributed by atoms with van der Waals surface area (Å²) in [6.07, 6.45) is 3.77. The first-order chi connectivity index (χ1) is 8.45. The third-order valence-corrected chi connectivity index (χ3v) is 2.91. The number of benzene rings is 1. The molecule has 1 N–H and O–H groups in total. The van der Waals surface area contributed by atoms with Crippen molar-refractivity contribution in [2.24, 2.45) is 0 Å². The van der Waals surface area contributed by atoms with Gasteiger partial charge in [0.05, 0.1) is 19.3 Å². The number of hydrogen-bond acceptors (Lipinski definition) is 3. The highest BCUT2D eigenvalue weighted by molar-refractivity contribution is 5.20. The molecule has 0 spiro atoms. The third kappa shape index (κ3) is 4.75. The van der Waals surface area contributed by atoms with E-state index < -0.39 is 0 Å². The molecule has 0 amide bonds. The van der Waals surface area contributed by atoms with Crippen LogP contribution in [-0.4, -0.2) is 32.4 Å². The molecule has 3 heteroatoms. The molecule has 0 saturated carbocycles. The van der Waals surface area contributed by atoms with Gasteiger partial charge in [0.15, 0.2) is 0 Å². The molecular weight excluding hydrogens is 214 g/mol. The molecule has 94 valence electrons. The van der Waals surface area contributed by atoms with Crippen LogP contribution in [0, 0.1) is 0 Å². The van der Waals surface area contributed by atoms with Crippen molar-refractivity contribution in [1.29, 1.82) is 0 Å². The van der Waals surface area contributed by atoms with E-state index >= 15 is 0 Å². The molecule has 3 nitrogen and oxygen atoms in total. The lowest BCUT2D eigenvalue weighted by Crippen LogP contribution is -2.35. The van der Waals surface area contributed by atoms with E-state index in [2.05, 4.69) is 5.32 Å². The average Bonchev–Trinajstić information content (AvgIpc) is 2.41. The van der Waals surface area contributed by atoms with E-state index in [0.717, 1.165) is 38.5 Å². The fraction of sp³-hybridized carbons (Fsp3) is 0.571. The first-order valence-electron chi connectivity index (χ1n) is 6.45. The normalized spacial score (nSPS) is 20.1. The van der Waals surface area contributed by atoms with Crippen molar-refractivity contribution in [2.45, 2.75) is 25.4 Å². The monoisotopic (exact) mass is 235 g/mol. The third-order valence-electron chi connectivity index (χ3n) is 2.91. The smallest absolute Gasteiger partial charge is 0.119 e. The number of ether oxygens (including phenoxy) is 2. The van der Waals surface area contributed by atoms with Crippen LogP contribution in [0.2, 0.25) is 0 Å². The Labute approximate surface area is 103 Å². The zero-order chi connectivity index (χ0) is 11.8. The Balaban J connectivity index is 1.51. The largest absolute Gasteiger partial charge is 0.494 e. The molecule has 1 aromatic rings. The maximum atomic E-state index is 5.78. The standard InChI is InChI=1S/C14H21NO2/c1-2-6-13(7-3-1)16-10-5-11-17-14-8-4-9-15-12-14/h1-3,6-7,14-15H,4-5,8-12H2/t14-/m0/s1. The number of rotatable bonds is 6. The van der Waals surface area contributed by atoms with Crippen LogP contribution in [-0.2, 0) is 4.74 Å². The van der Waals surface area contributed by atoms with E-state index in [-0.39, 0.29) is 0 Å². The molecule has 1 saturated heterocycles. The summed E-state index contributed by atoms with van der Waals surface area (Å²) in [5.74, 6) is 0.937. The minimum Gasteiger partial charge on any atom is -0.494 e. The van der Waals surface area contributed by atoms with Crippen molar-refractivity contribution in [3.05, 3.63) is 30.3 Å². The zero-order valence-corrected chi connectivity index (χ0v) is 10.2. The first kappa shape index (κ1) is 12.4. The van der Waals surface area contributed by atoms with E-state index in [9.17, 15) is 0 Å². The van der Waals surface area contributed by atoms with E-state index in [4.69, 9.17) is 9.47 Å². The molecule has 0 unspecified atom stereocenters. The summed E-state index contributed by atoms with van der Waals surface area (Å²) < 4.78 is 11.4. The van der Waals surface area contributed by atoms with Gasteiger partial charge in [-0.3, -0.25) is 0 Å². The molecule has 0 aliphatic carbocycles. The Kier molecular flexibility index (Phi) is 5.33. The highest BCUT2D eigenvalue weighted by Gasteiger charge is 2.12. The molecule has 0 aromatic heterocycles. The van der Waals surface area contributed by atoms with Gasteiger partial charge in [0.25, 0.3) is 0 Å². The van der Waals surface area contributed by atoms with Gasteiger partial charge in [-0.15, -0.1) is 0 Å². The Morgan fingerprint density at radius 3 is 2.82 bits per heavy atom. The van der Waals surface area contributed by atoms with Crippen molar-refractivity contribution in [3.63, 3.8) is 0 Å².